The van der Waals surface area contributed by atoms with Crippen molar-refractivity contribution >= 4 is 0 Å². The Balaban J connectivity index is 2.73. The lowest BCUT2D eigenvalue weighted by Crippen LogP contribution is -1.95. The number of unbranched alkanes of at least 4 members (excludes halogenated alkanes) is 2. The van der Waals surface area contributed by atoms with E-state index in [2.05, 4.69) is 32.9 Å². The van der Waals surface area contributed by atoms with Crippen molar-refractivity contribution in [2.75, 3.05) is 0 Å². The van der Waals surface area contributed by atoms with E-state index in [0.717, 1.165) is 18.4 Å². The third-order valence-corrected chi connectivity index (χ3v) is 3.30. The molecule has 0 fully saturated rings. The van der Waals surface area contributed by atoms with Crippen molar-refractivity contribution < 1.29 is 5.11 Å². The van der Waals surface area contributed by atoms with Gasteiger partial charge in [0.05, 0.1) is 0 Å². The maximum atomic E-state index is 9.81. The molecule has 90 valence electrons. The third kappa shape index (κ3) is 3.55. The smallest absolute Gasteiger partial charge is 0.119 e. The van der Waals surface area contributed by atoms with Gasteiger partial charge < -0.3 is 5.11 Å². The summed E-state index contributed by atoms with van der Waals surface area (Å²) in [7, 11) is 0. The van der Waals surface area contributed by atoms with E-state index in [9.17, 15) is 5.11 Å². The summed E-state index contributed by atoms with van der Waals surface area (Å²) < 4.78 is 0. The molecule has 0 saturated heterocycles. The zero-order valence-electron chi connectivity index (χ0n) is 10.8. The van der Waals surface area contributed by atoms with Crippen molar-refractivity contribution in [2.45, 2.75) is 58.8 Å². The van der Waals surface area contributed by atoms with Gasteiger partial charge in [0.2, 0.25) is 0 Å². The number of aromatic hydroxyl groups is 1. The molecule has 0 saturated carbocycles. The molecule has 0 bridgehead atoms. The highest BCUT2D eigenvalue weighted by Crippen LogP contribution is 2.29. The minimum atomic E-state index is 0.450. The first-order valence-electron chi connectivity index (χ1n) is 6.50. The van der Waals surface area contributed by atoms with E-state index in [1.54, 1.807) is 0 Å². The summed E-state index contributed by atoms with van der Waals surface area (Å²) in [5, 5.41) is 9.81. The van der Waals surface area contributed by atoms with Crippen LogP contribution in [0.15, 0.2) is 18.2 Å². The summed E-state index contributed by atoms with van der Waals surface area (Å²) in [4.78, 5) is 0. The molecule has 0 amide bonds. The SMILES string of the molecule is CCCCCc1ccc(O)c(C(C)CC)c1. The Morgan fingerprint density at radius 3 is 2.56 bits per heavy atom. The third-order valence-electron chi connectivity index (χ3n) is 3.30. The molecule has 0 heterocycles. The lowest BCUT2D eigenvalue weighted by Gasteiger charge is -2.13. The van der Waals surface area contributed by atoms with Crippen molar-refractivity contribution in [2.24, 2.45) is 0 Å². The molecule has 1 nitrogen and oxygen atoms in total. The van der Waals surface area contributed by atoms with Crippen LogP contribution >= 0.6 is 0 Å². The van der Waals surface area contributed by atoms with Crippen molar-refractivity contribution in [3.05, 3.63) is 29.3 Å². The summed E-state index contributed by atoms with van der Waals surface area (Å²) in [6.45, 7) is 6.56. The van der Waals surface area contributed by atoms with Crippen LogP contribution in [0.3, 0.4) is 0 Å². The van der Waals surface area contributed by atoms with Crippen LogP contribution in [0.1, 0.15) is 63.5 Å². The molecular formula is C15H24O. The summed E-state index contributed by atoms with van der Waals surface area (Å²) in [5.74, 6) is 0.903. The van der Waals surface area contributed by atoms with E-state index in [1.807, 2.05) is 6.07 Å². The maximum absolute atomic E-state index is 9.81. The van der Waals surface area contributed by atoms with Gasteiger partial charge in [-0.15, -0.1) is 0 Å². The van der Waals surface area contributed by atoms with Crippen LogP contribution in [0.4, 0.5) is 0 Å². The molecule has 1 rings (SSSR count). The standard InChI is InChI=1S/C15H24O/c1-4-6-7-8-13-9-10-15(16)14(11-13)12(3)5-2/h9-12,16H,4-8H2,1-3H3. The topological polar surface area (TPSA) is 20.2 Å². The lowest BCUT2D eigenvalue weighted by molar-refractivity contribution is 0.461. The van der Waals surface area contributed by atoms with Crippen LogP contribution in [0.2, 0.25) is 0 Å². The monoisotopic (exact) mass is 220 g/mol. The average Bonchev–Trinajstić information content (AvgIpc) is 2.30. The molecule has 0 spiro atoms. The number of aryl methyl sites for hydroxylation is 1. The summed E-state index contributed by atoms with van der Waals surface area (Å²) in [6.07, 6.45) is 6.01. The first kappa shape index (κ1) is 13.1. The normalized spacial score (nSPS) is 12.7. The van der Waals surface area contributed by atoms with Gasteiger partial charge in [-0.2, -0.15) is 0 Å². The van der Waals surface area contributed by atoms with Gasteiger partial charge in [-0.25, -0.2) is 0 Å². The molecule has 16 heavy (non-hydrogen) atoms. The molecule has 1 atom stereocenters. The van der Waals surface area contributed by atoms with Gasteiger partial charge in [0, 0.05) is 0 Å². The molecule has 0 aromatic heterocycles. The van der Waals surface area contributed by atoms with Crippen LogP contribution in [-0.4, -0.2) is 5.11 Å². The van der Waals surface area contributed by atoms with E-state index < -0.39 is 0 Å². The van der Waals surface area contributed by atoms with E-state index in [-0.39, 0.29) is 0 Å². The van der Waals surface area contributed by atoms with Crippen LogP contribution in [0, 0.1) is 0 Å². The van der Waals surface area contributed by atoms with Gasteiger partial charge in [-0.1, -0.05) is 45.7 Å². The minimum Gasteiger partial charge on any atom is -0.508 e. The molecule has 1 N–H and O–H groups in total. The van der Waals surface area contributed by atoms with Gasteiger partial charge in [0.1, 0.15) is 5.75 Å². The number of phenols is 1. The second kappa shape index (κ2) is 6.57. The van der Waals surface area contributed by atoms with E-state index >= 15 is 0 Å². The summed E-state index contributed by atoms with van der Waals surface area (Å²) >= 11 is 0. The first-order valence-corrected chi connectivity index (χ1v) is 6.50. The molecule has 0 radical (unpaired) electrons. The molecule has 1 aromatic rings. The first-order chi connectivity index (χ1) is 7.69. The zero-order chi connectivity index (χ0) is 12.0. The number of rotatable bonds is 6. The van der Waals surface area contributed by atoms with E-state index in [0.29, 0.717) is 11.7 Å². The van der Waals surface area contributed by atoms with Crippen molar-refractivity contribution in [3.8, 4) is 5.75 Å². The molecule has 0 aliphatic carbocycles. The van der Waals surface area contributed by atoms with Gasteiger partial charge in [0.25, 0.3) is 0 Å². The number of benzene rings is 1. The summed E-state index contributed by atoms with van der Waals surface area (Å²) in [5.41, 5.74) is 2.47. The minimum absolute atomic E-state index is 0.450. The Kier molecular flexibility index (Phi) is 5.37. The second-order valence-electron chi connectivity index (χ2n) is 4.66. The molecule has 1 aromatic carbocycles. The predicted molar refractivity (Wildman–Crippen MR) is 70.0 cm³/mol. The predicted octanol–water partition coefficient (Wildman–Crippen LogP) is 4.64. The average molecular weight is 220 g/mol. The molecule has 1 heteroatoms. The van der Waals surface area contributed by atoms with Crippen LogP contribution < -0.4 is 0 Å². The van der Waals surface area contributed by atoms with E-state index in [4.69, 9.17) is 0 Å². The quantitative estimate of drug-likeness (QED) is 0.692. The van der Waals surface area contributed by atoms with Crippen LogP contribution in [-0.2, 0) is 6.42 Å². The number of hydrogen-bond acceptors (Lipinski definition) is 1. The highest BCUT2D eigenvalue weighted by atomic mass is 16.3. The molecular weight excluding hydrogens is 196 g/mol. The van der Waals surface area contributed by atoms with Crippen LogP contribution in [0.25, 0.3) is 0 Å². The van der Waals surface area contributed by atoms with Crippen LogP contribution in [0.5, 0.6) is 5.75 Å². The van der Waals surface area contributed by atoms with Gasteiger partial charge >= 0.3 is 0 Å². The highest BCUT2D eigenvalue weighted by molar-refractivity contribution is 5.38. The fourth-order valence-corrected chi connectivity index (χ4v) is 1.95. The van der Waals surface area contributed by atoms with Gasteiger partial charge in [-0.3, -0.25) is 0 Å². The van der Waals surface area contributed by atoms with Crippen molar-refractivity contribution in [1.29, 1.82) is 0 Å². The molecule has 0 aliphatic rings. The second-order valence-corrected chi connectivity index (χ2v) is 4.66. The van der Waals surface area contributed by atoms with E-state index in [1.165, 1.54) is 24.8 Å². The lowest BCUT2D eigenvalue weighted by atomic mass is 9.94. The Hall–Kier alpha value is -0.980. The van der Waals surface area contributed by atoms with Crippen molar-refractivity contribution in [1.82, 2.24) is 0 Å². The summed E-state index contributed by atoms with van der Waals surface area (Å²) in [6, 6.07) is 6.08. The molecule has 1 unspecified atom stereocenters. The molecule has 0 aliphatic heterocycles. The Morgan fingerprint density at radius 2 is 1.94 bits per heavy atom. The fraction of sp³-hybridized carbons (Fsp3) is 0.600. The van der Waals surface area contributed by atoms with Gasteiger partial charge in [0.15, 0.2) is 0 Å². The largest absolute Gasteiger partial charge is 0.508 e. The van der Waals surface area contributed by atoms with Gasteiger partial charge in [-0.05, 0) is 42.4 Å². The maximum Gasteiger partial charge on any atom is 0.119 e. The highest BCUT2D eigenvalue weighted by Gasteiger charge is 2.09. The number of phenolic OH excluding ortho intramolecular Hbond substituents is 1. The Morgan fingerprint density at radius 1 is 1.19 bits per heavy atom. The number of hydrogen-bond donors (Lipinski definition) is 1. The Labute approximate surface area is 99.5 Å². The fourth-order valence-electron chi connectivity index (χ4n) is 1.95. The zero-order valence-corrected chi connectivity index (χ0v) is 10.8. The Bertz CT molecular complexity index is 317. The van der Waals surface area contributed by atoms with Crippen molar-refractivity contribution in [3.63, 3.8) is 0 Å².